The summed E-state index contributed by atoms with van der Waals surface area (Å²) in [6, 6.07) is 2.82. The fraction of sp³-hybridized carbons (Fsp3) is 0.545. The molecule has 2 heterocycles. The van der Waals surface area contributed by atoms with Crippen LogP contribution >= 0.6 is 0 Å². The van der Waals surface area contributed by atoms with Crippen LogP contribution in [0.2, 0.25) is 0 Å². The van der Waals surface area contributed by atoms with Crippen LogP contribution < -0.4 is 9.64 Å². The van der Waals surface area contributed by atoms with Crippen molar-refractivity contribution in [2.75, 3.05) is 25.1 Å². The average Bonchev–Trinajstić information content (AvgIpc) is 2.34. The van der Waals surface area contributed by atoms with Crippen molar-refractivity contribution in [3.63, 3.8) is 0 Å². The Morgan fingerprint density at radius 3 is 2.78 bits per heavy atom. The largest absolute Gasteiger partial charge is 0.481 e. The molecule has 0 unspecified atom stereocenters. The van der Waals surface area contributed by atoms with Crippen LogP contribution in [0.5, 0.6) is 5.88 Å². The van der Waals surface area contributed by atoms with Gasteiger partial charge in [0.1, 0.15) is 0 Å². The zero-order chi connectivity index (χ0) is 13.3. The number of methoxy groups -OCH3 is 1. The molecule has 1 aliphatic heterocycles. The Morgan fingerprint density at radius 2 is 2.28 bits per heavy atom. The molecule has 1 aromatic rings. The van der Waals surface area contributed by atoms with Crippen LogP contribution in [0, 0.1) is 10.1 Å². The van der Waals surface area contributed by atoms with Gasteiger partial charge in [0.2, 0.25) is 11.7 Å². The Morgan fingerprint density at radius 1 is 1.61 bits per heavy atom. The molecule has 1 fully saturated rings. The van der Waals surface area contributed by atoms with Gasteiger partial charge in [0, 0.05) is 12.1 Å². The summed E-state index contributed by atoms with van der Waals surface area (Å²) >= 11 is 0. The monoisotopic (exact) mass is 253 g/mol. The molecule has 0 aliphatic carbocycles. The van der Waals surface area contributed by atoms with Gasteiger partial charge in [-0.3, -0.25) is 10.1 Å². The summed E-state index contributed by atoms with van der Waals surface area (Å²) in [5.41, 5.74) is -0.840. The Balaban J connectivity index is 2.29. The highest BCUT2D eigenvalue weighted by atomic mass is 16.6. The lowest BCUT2D eigenvalue weighted by Gasteiger charge is -2.46. The Hall–Kier alpha value is -1.89. The van der Waals surface area contributed by atoms with Crippen molar-refractivity contribution < 1.29 is 14.8 Å². The van der Waals surface area contributed by atoms with Crippen LogP contribution in [0.4, 0.5) is 11.5 Å². The lowest BCUT2D eigenvalue weighted by Crippen LogP contribution is -2.62. The third-order valence-electron chi connectivity index (χ3n) is 3.16. The quantitative estimate of drug-likeness (QED) is 0.635. The zero-order valence-corrected chi connectivity index (χ0v) is 10.3. The first-order valence-electron chi connectivity index (χ1n) is 5.66. The van der Waals surface area contributed by atoms with Crippen molar-refractivity contribution in [3.8, 4) is 5.88 Å². The molecule has 2 rings (SSSR count). The molecular formula is C11H15N3O4. The normalized spacial score (nSPS) is 17.2. The summed E-state index contributed by atoms with van der Waals surface area (Å²) in [5.74, 6) is 0.569. The van der Waals surface area contributed by atoms with Gasteiger partial charge in [0.05, 0.1) is 30.7 Å². The Kier molecular flexibility index (Phi) is 3.08. The van der Waals surface area contributed by atoms with E-state index in [0.29, 0.717) is 25.4 Å². The number of anilines is 1. The molecule has 1 N–H and O–H groups in total. The molecule has 7 heteroatoms. The van der Waals surface area contributed by atoms with E-state index in [1.54, 1.807) is 4.90 Å². The van der Waals surface area contributed by atoms with E-state index in [2.05, 4.69) is 4.98 Å². The molecule has 1 aliphatic rings. The van der Waals surface area contributed by atoms with Gasteiger partial charge < -0.3 is 14.7 Å². The topological polar surface area (TPSA) is 88.7 Å². The number of aliphatic hydroxyl groups is 1. The van der Waals surface area contributed by atoms with Crippen LogP contribution in [0.3, 0.4) is 0 Å². The maximum atomic E-state index is 10.9. The maximum absolute atomic E-state index is 10.9. The molecule has 1 saturated heterocycles. The first-order valence-corrected chi connectivity index (χ1v) is 5.66. The summed E-state index contributed by atoms with van der Waals surface area (Å²) in [6.07, 6.45) is 0.612. The summed E-state index contributed by atoms with van der Waals surface area (Å²) in [4.78, 5) is 16.2. The van der Waals surface area contributed by atoms with E-state index in [1.807, 2.05) is 6.92 Å². The van der Waals surface area contributed by atoms with Crippen molar-refractivity contribution in [2.24, 2.45) is 0 Å². The lowest BCUT2D eigenvalue weighted by atomic mass is 9.91. The minimum Gasteiger partial charge on any atom is -0.481 e. The predicted octanol–water partition coefficient (Wildman–Crippen LogP) is 0.959. The van der Waals surface area contributed by atoms with Gasteiger partial charge in [-0.1, -0.05) is 6.92 Å². The van der Waals surface area contributed by atoms with E-state index in [0.717, 1.165) is 0 Å². The Labute approximate surface area is 104 Å². The smallest absolute Gasteiger partial charge is 0.311 e. The van der Waals surface area contributed by atoms with Crippen molar-refractivity contribution in [3.05, 3.63) is 22.2 Å². The highest BCUT2D eigenvalue weighted by Gasteiger charge is 2.42. The van der Waals surface area contributed by atoms with Gasteiger partial charge in [-0.25, -0.2) is 0 Å². The molecule has 1 aromatic heterocycles. The lowest BCUT2D eigenvalue weighted by molar-refractivity contribution is -0.384. The number of aromatic nitrogens is 1. The van der Waals surface area contributed by atoms with E-state index in [4.69, 9.17) is 4.74 Å². The number of hydrogen-bond acceptors (Lipinski definition) is 6. The summed E-state index contributed by atoms with van der Waals surface area (Å²) < 4.78 is 4.96. The number of hydrogen-bond donors (Lipinski definition) is 1. The summed E-state index contributed by atoms with van der Waals surface area (Å²) in [5, 5.41) is 20.9. The third-order valence-corrected chi connectivity index (χ3v) is 3.16. The van der Waals surface area contributed by atoms with Crippen LogP contribution in [0.15, 0.2) is 12.1 Å². The van der Waals surface area contributed by atoms with Crippen molar-refractivity contribution in [1.82, 2.24) is 4.98 Å². The first-order chi connectivity index (χ1) is 8.49. The number of β-amino-alcohol motifs (C(OH)–C–C–N with tert-alkyl or cyclic N) is 1. The van der Waals surface area contributed by atoms with Crippen LogP contribution in [-0.4, -0.2) is 40.8 Å². The van der Waals surface area contributed by atoms with Crippen molar-refractivity contribution >= 4 is 11.5 Å². The SMILES string of the molecule is CCC1(O)CN(c2nc(OC)ccc2[N+](=O)[O-])C1. The minimum atomic E-state index is -0.765. The molecule has 0 saturated carbocycles. The number of pyridine rings is 1. The summed E-state index contributed by atoms with van der Waals surface area (Å²) in [7, 11) is 1.45. The van der Waals surface area contributed by atoms with E-state index < -0.39 is 10.5 Å². The van der Waals surface area contributed by atoms with Crippen LogP contribution in [0.25, 0.3) is 0 Å². The standard InChI is InChI=1S/C11H15N3O4/c1-3-11(15)6-13(7-11)10-8(14(16)17)4-5-9(12-10)18-2/h4-5,15H,3,6-7H2,1-2H3. The van der Waals surface area contributed by atoms with Gasteiger partial charge in [-0.05, 0) is 6.42 Å². The molecule has 0 radical (unpaired) electrons. The molecular weight excluding hydrogens is 238 g/mol. The van der Waals surface area contributed by atoms with E-state index >= 15 is 0 Å². The number of rotatable bonds is 4. The van der Waals surface area contributed by atoms with Crippen LogP contribution in [-0.2, 0) is 0 Å². The average molecular weight is 253 g/mol. The minimum absolute atomic E-state index is 0.0750. The van der Waals surface area contributed by atoms with Gasteiger partial charge in [0.15, 0.2) is 0 Å². The first kappa shape index (κ1) is 12.6. The van der Waals surface area contributed by atoms with E-state index in [1.165, 1.54) is 19.2 Å². The van der Waals surface area contributed by atoms with Crippen molar-refractivity contribution in [1.29, 1.82) is 0 Å². The van der Waals surface area contributed by atoms with Crippen LogP contribution in [0.1, 0.15) is 13.3 Å². The molecule has 0 atom stereocenters. The third kappa shape index (κ3) is 2.08. The van der Waals surface area contributed by atoms with Gasteiger partial charge in [0.25, 0.3) is 0 Å². The molecule has 0 bridgehead atoms. The molecule has 0 spiro atoms. The second-order valence-corrected chi connectivity index (χ2v) is 4.39. The maximum Gasteiger partial charge on any atom is 0.311 e. The van der Waals surface area contributed by atoms with Gasteiger partial charge in [-0.2, -0.15) is 4.98 Å². The fourth-order valence-corrected chi connectivity index (χ4v) is 1.95. The second kappa shape index (κ2) is 4.41. The van der Waals surface area contributed by atoms with Crippen molar-refractivity contribution in [2.45, 2.75) is 18.9 Å². The van der Waals surface area contributed by atoms with Gasteiger partial charge in [-0.15, -0.1) is 0 Å². The zero-order valence-electron chi connectivity index (χ0n) is 10.3. The molecule has 7 nitrogen and oxygen atoms in total. The van der Waals surface area contributed by atoms with E-state index in [-0.39, 0.29) is 11.5 Å². The Bertz CT molecular complexity index is 471. The molecule has 0 aromatic carbocycles. The highest BCUT2D eigenvalue weighted by molar-refractivity contribution is 5.61. The van der Waals surface area contributed by atoms with E-state index in [9.17, 15) is 15.2 Å². The highest BCUT2D eigenvalue weighted by Crippen LogP contribution is 2.35. The van der Waals surface area contributed by atoms with Gasteiger partial charge >= 0.3 is 5.69 Å². The predicted molar refractivity (Wildman–Crippen MR) is 64.9 cm³/mol. The number of nitro groups is 1. The summed E-state index contributed by atoms with van der Waals surface area (Å²) in [6.45, 7) is 2.58. The molecule has 18 heavy (non-hydrogen) atoms. The number of ether oxygens (including phenoxy) is 1. The molecule has 0 amide bonds. The number of nitrogens with zero attached hydrogens (tertiary/aromatic N) is 3. The molecule has 98 valence electrons. The fourth-order valence-electron chi connectivity index (χ4n) is 1.95. The second-order valence-electron chi connectivity index (χ2n) is 4.39.